The molecule has 0 spiro atoms. The van der Waals surface area contributed by atoms with Crippen LogP contribution in [0.4, 0.5) is 5.69 Å². The van der Waals surface area contributed by atoms with Crippen LogP contribution in [0.25, 0.3) is 0 Å². The predicted octanol–water partition coefficient (Wildman–Crippen LogP) is 3.42. The van der Waals surface area contributed by atoms with Crippen molar-refractivity contribution in [2.45, 2.75) is 39.3 Å². The number of hydrogen-bond acceptors (Lipinski definition) is 2. The number of rotatable bonds is 5. The van der Waals surface area contributed by atoms with Crippen molar-refractivity contribution in [1.82, 2.24) is 0 Å². The maximum absolute atomic E-state index is 6.16. The minimum atomic E-state index is 0.486. The fourth-order valence-electron chi connectivity index (χ4n) is 2.11. The molecule has 0 saturated carbocycles. The van der Waals surface area contributed by atoms with E-state index < -0.39 is 0 Å². The average Bonchev–Trinajstić information content (AvgIpc) is 2.30. The lowest BCUT2D eigenvalue weighted by atomic mass is 10.1. The van der Waals surface area contributed by atoms with Gasteiger partial charge in [-0.2, -0.15) is 0 Å². The third kappa shape index (κ3) is 2.69. The highest BCUT2D eigenvalue weighted by Crippen LogP contribution is 2.28. The van der Waals surface area contributed by atoms with Gasteiger partial charge in [-0.3, -0.25) is 0 Å². The second kappa shape index (κ2) is 6.12. The van der Waals surface area contributed by atoms with Crippen molar-refractivity contribution in [3.63, 3.8) is 0 Å². The topological polar surface area (TPSA) is 29.3 Å². The van der Waals surface area contributed by atoms with Gasteiger partial charge in [-0.1, -0.05) is 31.5 Å². The molecule has 0 unspecified atom stereocenters. The molecule has 0 fully saturated rings. The number of anilines is 1. The molecule has 0 radical (unpaired) electrons. The zero-order chi connectivity index (χ0) is 12.1. The molecule has 0 amide bonds. The van der Waals surface area contributed by atoms with E-state index in [2.05, 4.69) is 31.9 Å². The van der Waals surface area contributed by atoms with E-state index in [1.54, 1.807) is 0 Å². The fourth-order valence-corrected chi connectivity index (χ4v) is 2.36. The first-order chi connectivity index (χ1) is 7.65. The van der Waals surface area contributed by atoms with E-state index in [1.807, 2.05) is 12.1 Å². The molecule has 0 bridgehead atoms. The SMILES string of the molecule is CCC(CC)N(C)c1cccc(Cl)c1CN. The lowest BCUT2D eigenvalue weighted by molar-refractivity contribution is 0.590. The van der Waals surface area contributed by atoms with Crippen LogP contribution in [-0.4, -0.2) is 13.1 Å². The first-order valence-electron chi connectivity index (χ1n) is 5.85. The number of halogens is 1. The molecule has 0 aromatic heterocycles. The Morgan fingerprint density at radius 1 is 1.31 bits per heavy atom. The Balaban J connectivity index is 3.07. The Morgan fingerprint density at radius 3 is 2.44 bits per heavy atom. The summed E-state index contributed by atoms with van der Waals surface area (Å²) in [7, 11) is 2.11. The molecular formula is C13H21ClN2. The smallest absolute Gasteiger partial charge is 0.0471 e. The summed E-state index contributed by atoms with van der Waals surface area (Å²) in [4.78, 5) is 2.29. The van der Waals surface area contributed by atoms with Crippen LogP contribution in [0.1, 0.15) is 32.3 Å². The van der Waals surface area contributed by atoms with Gasteiger partial charge in [0, 0.05) is 35.9 Å². The third-order valence-electron chi connectivity index (χ3n) is 3.17. The highest BCUT2D eigenvalue weighted by molar-refractivity contribution is 6.31. The van der Waals surface area contributed by atoms with Gasteiger partial charge in [0.2, 0.25) is 0 Å². The molecule has 0 heterocycles. The van der Waals surface area contributed by atoms with Crippen molar-refractivity contribution in [3.8, 4) is 0 Å². The van der Waals surface area contributed by atoms with E-state index >= 15 is 0 Å². The number of hydrogen-bond donors (Lipinski definition) is 1. The molecule has 1 rings (SSSR count). The molecule has 2 nitrogen and oxygen atoms in total. The largest absolute Gasteiger partial charge is 0.371 e. The summed E-state index contributed by atoms with van der Waals surface area (Å²) >= 11 is 6.16. The summed E-state index contributed by atoms with van der Waals surface area (Å²) < 4.78 is 0. The summed E-state index contributed by atoms with van der Waals surface area (Å²) in [6, 6.07) is 6.51. The molecule has 2 N–H and O–H groups in total. The van der Waals surface area contributed by atoms with Crippen molar-refractivity contribution in [1.29, 1.82) is 0 Å². The van der Waals surface area contributed by atoms with E-state index in [1.165, 1.54) is 0 Å². The molecule has 0 aliphatic heterocycles. The second-order valence-electron chi connectivity index (χ2n) is 4.02. The maximum atomic E-state index is 6.16. The third-order valence-corrected chi connectivity index (χ3v) is 3.52. The van der Waals surface area contributed by atoms with Gasteiger partial charge in [0.25, 0.3) is 0 Å². The van der Waals surface area contributed by atoms with Crippen LogP contribution in [0.15, 0.2) is 18.2 Å². The number of benzene rings is 1. The molecule has 3 heteroatoms. The Hall–Kier alpha value is -0.730. The van der Waals surface area contributed by atoms with Crippen LogP contribution in [0.3, 0.4) is 0 Å². The highest BCUT2D eigenvalue weighted by atomic mass is 35.5. The monoisotopic (exact) mass is 240 g/mol. The lowest BCUT2D eigenvalue weighted by Crippen LogP contribution is -2.31. The molecule has 0 aliphatic carbocycles. The van der Waals surface area contributed by atoms with Gasteiger partial charge in [0.15, 0.2) is 0 Å². The zero-order valence-electron chi connectivity index (χ0n) is 10.3. The Morgan fingerprint density at radius 2 is 1.94 bits per heavy atom. The Kier molecular flexibility index (Phi) is 5.10. The molecule has 0 saturated heterocycles. The summed E-state index contributed by atoms with van der Waals surface area (Å²) in [6.45, 7) is 4.90. The quantitative estimate of drug-likeness (QED) is 0.855. The first-order valence-corrected chi connectivity index (χ1v) is 6.23. The van der Waals surface area contributed by atoms with Crippen LogP contribution in [0.2, 0.25) is 5.02 Å². The van der Waals surface area contributed by atoms with Crippen LogP contribution in [0, 0.1) is 0 Å². The minimum Gasteiger partial charge on any atom is -0.371 e. The summed E-state index contributed by atoms with van der Waals surface area (Å²) in [5.41, 5.74) is 7.96. The summed E-state index contributed by atoms with van der Waals surface area (Å²) in [6.07, 6.45) is 2.26. The lowest BCUT2D eigenvalue weighted by Gasteiger charge is -2.30. The van der Waals surface area contributed by atoms with E-state index in [0.29, 0.717) is 12.6 Å². The van der Waals surface area contributed by atoms with E-state index in [4.69, 9.17) is 17.3 Å². The van der Waals surface area contributed by atoms with Gasteiger partial charge in [-0.25, -0.2) is 0 Å². The molecule has 90 valence electrons. The van der Waals surface area contributed by atoms with Crippen molar-refractivity contribution >= 4 is 17.3 Å². The van der Waals surface area contributed by atoms with Crippen molar-refractivity contribution in [2.75, 3.05) is 11.9 Å². The zero-order valence-corrected chi connectivity index (χ0v) is 11.1. The Bertz CT molecular complexity index is 335. The van der Waals surface area contributed by atoms with E-state index in [9.17, 15) is 0 Å². The molecule has 16 heavy (non-hydrogen) atoms. The van der Waals surface area contributed by atoms with Crippen molar-refractivity contribution < 1.29 is 0 Å². The fraction of sp³-hybridized carbons (Fsp3) is 0.538. The predicted molar refractivity (Wildman–Crippen MR) is 72.1 cm³/mol. The highest BCUT2D eigenvalue weighted by Gasteiger charge is 2.15. The normalized spacial score (nSPS) is 10.9. The van der Waals surface area contributed by atoms with Crippen LogP contribution in [-0.2, 0) is 6.54 Å². The van der Waals surface area contributed by atoms with Gasteiger partial charge < -0.3 is 10.6 Å². The molecule has 0 atom stereocenters. The summed E-state index contributed by atoms with van der Waals surface area (Å²) in [5.74, 6) is 0. The van der Waals surface area contributed by atoms with E-state index in [0.717, 1.165) is 29.1 Å². The number of nitrogens with two attached hydrogens (primary N) is 1. The van der Waals surface area contributed by atoms with Crippen LogP contribution >= 0.6 is 11.6 Å². The molecule has 0 aliphatic rings. The van der Waals surface area contributed by atoms with Crippen LogP contribution < -0.4 is 10.6 Å². The van der Waals surface area contributed by atoms with Gasteiger partial charge in [-0.05, 0) is 25.0 Å². The number of nitrogens with zero attached hydrogens (tertiary/aromatic N) is 1. The van der Waals surface area contributed by atoms with Gasteiger partial charge >= 0.3 is 0 Å². The molecule has 1 aromatic rings. The maximum Gasteiger partial charge on any atom is 0.0471 e. The van der Waals surface area contributed by atoms with Gasteiger partial charge in [0.05, 0.1) is 0 Å². The second-order valence-corrected chi connectivity index (χ2v) is 4.43. The van der Waals surface area contributed by atoms with Gasteiger partial charge in [0.1, 0.15) is 0 Å². The van der Waals surface area contributed by atoms with Crippen LogP contribution in [0.5, 0.6) is 0 Å². The van der Waals surface area contributed by atoms with Crippen molar-refractivity contribution in [2.24, 2.45) is 5.73 Å². The molecule has 1 aromatic carbocycles. The molecular weight excluding hydrogens is 220 g/mol. The minimum absolute atomic E-state index is 0.486. The standard InChI is InChI=1S/C13H21ClN2/c1-4-10(5-2)16(3)13-8-6-7-12(14)11(13)9-15/h6-8,10H,4-5,9,15H2,1-3H3. The van der Waals surface area contributed by atoms with Gasteiger partial charge in [-0.15, -0.1) is 0 Å². The first kappa shape index (κ1) is 13.3. The van der Waals surface area contributed by atoms with Crippen molar-refractivity contribution in [3.05, 3.63) is 28.8 Å². The van der Waals surface area contributed by atoms with E-state index in [-0.39, 0.29) is 0 Å². The average molecular weight is 241 g/mol. The summed E-state index contributed by atoms with van der Waals surface area (Å²) in [5, 5.41) is 0.762. The Labute approximate surface area is 103 Å².